The van der Waals surface area contributed by atoms with E-state index in [2.05, 4.69) is 20.3 Å². The lowest BCUT2D eigenvalue weighted by Crippen LogP contribution is -2.29. The fourth-order valence-corrected chi connectivity index (χ4v) is 3.98. The molecule has 2 aromatic heterocycles. The number of nitrogens with zero attached hydrogens (tertiary/aromatic N) is 2. The minimum Gasteiger partial charge on any atom is -0.341 e. The van der Waals surface area contributed by atoms with Gasteiger partial charge in [0.1, 0.15) is 11.3 Å². The molecule has 0 saturated heterocycles. The molecule has 5 heteroatoms. The third kappa shape index (κ3) is 4.53. The third-order valence-electron chi connectivity index (χ3n) is 5.53. The standard InChI is InChI=1S/C22H27FN4/c23-21-17(14-16-10-12-24-13-11-16)8-9-19-22(21)27-20(26-19)15-25-18-6-4-2-1-3-5-7-18/h8-13,18,25H,1-7,14-15H2,(H,26,27). The Bertz CT molecular complexity index is 867. The van der Waals surface area contributed by atoms with Gasteiger partial charge in [0.2, 0.25) is 0 Å². The van der Waals surface area contributed by atoms with Crippen molar-refractivity contribution in [3.63, 3.8) is 0 Å². The zero-order valence-electron chi connectivity index (χ0n) is 15.7. The minimum absolute atomic E-state index is 0.224. The van der Waals surface area contributed by atoms with Crippen LogP contribution in [0.3, 0.4) is 0 Å². The van der Waals surface area contributed by atoms with Crippen LogP contribution in [0, 0.1) is 5.82 Å². The Morgan fingerprint density at radius 3 is 2.52 bits per heavy atom. The van der Waals surface area contributed by atoms with E-state index in [0.29, 0.717) is 30.1 Å². The number of halogens is 1. The summed E-state index contributed by atoms with van der Waals surface area (Å²) in [6, 6.07) is 8.16. The molecule has 0 amide bonds. The molecule has 0 atom stereocenters. The second-order valence-electron chi connectivity index (χ2n) is 7.57. The highest BCUT2D eigenvalue weighted by Crippen LogP contribution is 2.22. The fourth-order valence-electron chi connectivity index (χ4n) is 3.98. The second-order valence-corrected chi connectivity index (χ2v) is 7.57. The summed E-state index contributed by atoms with van der Waals surface area (Å²) >= 11 is 0. The number of aromatic nitrogens is 3. The maximum absolute atomic E-state index is 14.9. The van der Waals surface area contributed by atoms with Gasteiger partial charge in [-0.3, -0.25) is 4.98 Å². The SMILES string of the molecule is Fc1c(Cc2ccncc2)ccc2[nH]c(CNC3CCCCCCC3)nc12. The van der Waals surface area contributed by atoms with E-state index < -0.39 is 0 Å². The van der Waals surface area contributed by atoms with E-state index in [0.717, 1.165) is 16.9 Å². The van der Waals surface area contributed by atoms with Crippen molar-refractivity contribution >= 4 is 11.0 Å². The van der Waals surface area contributed by atoms with Gasteiger partial charge in [0, 0.05) is 24.9 Å². The van der Waals surface area contributed by atoms with Crippen LogP contribution in [0.25, 0.3) is 11.0 Å². The molecule has 2 N–H and O–H groups in total. The quantitative estimate of drug-likeness (QED) is 0.676. The molecule has 0 bridgehead atoms. The van der Waals surface area contributed by atoms with Gasteiger partial charge in [-0.15, -0.1) is 0 Å². The van der Waals surface area contributed by atoms with Crippen LogP contribution in [-0.2, 0) is 13.0 Å². The Morgan fingerprint density at radius 2 is 1.74 bits per heavy atom. The van der Waals surface area contributed by atoms with Crippen molar-refractivity contribution in [1.29, 1.82) is 0 Å². The van der Waals surface area contributed by atoms with Crippen LogP contribution in [0.4, 0.5) is 4.39 Å². The van der Waals surface area contributed by atoms with Crippen molar-refractivity contribution in [3.05, 3.63) is 59.4 Å². The maximum Gasteiger partial charge on any atom is 0.154 e. The number of aromatic amines is 1. The molecule has 3 aromatic rings. The highest BCUT2D eigenvalue weighted by atomic mass is 19.1. The largest absolute Gasteiger partial charge is 0.341 e. The van der Waals surface area contributed by atoms with Gasteiger partial charge in [0.15, 0.2) is 5.82 Å². The summed E-state index contributed by atoms with van der Waals surface area (Å²) < 4.78 is 14.9. The topological polar surface area (TPSA) is 53.6 Å². The average molecular weight is 366 g/mol. The monoisotopic (exact) mass is 366 g/mol. The third-order valence-corrected chi connectivity index (χ3v) is 5.53. The molecular weight excluding hydrogens is 339 g/mol. The predicted molar refractivity (Wildman–Crippen MR) is 106 cm³/mol. The average Bonchev–Trinajstić information content (AvgIpc) is 3.08. The van der Waals surface area contributed by atoms with Crippen LogP contribution in [0.15, 0.2) is 36.7 Å². The molecule has 0 aliphatic heterocycles. The van der Waals surface area contributed by atoms with Gasteiger partial charge in [-0.2, -0.15) is 0 Å². The molecule has 1 aliphatic rings. The fraction of sp³-hybridized carbons (Fsp3) is 0.455. The van der Waals surface area contributed by atoms with Gasteiger partial charge in [-0.1, -0.05) is 38.2 Å². The molecule has 142 valence electrons. The van der Waals surface area contributed by atoms with E-state index in [4.69, 9.17) is 0 Å². The molecule has 1 fully saturated rings. The van der Waals surface area contributed by atoms with Crippen molar-refractivity contribution in [2.45, 2.75) is 64.0 Å². The molecule has 4 nitrogen and oxygen atoms in total. The van der Waals surface area contributed by atoms with Crippen molar-refractivity contribution in [2.75, 3.05) is 0 Å². The molecular formula is C22H27FN4. The van der Waals surface area contributed by atoms with E-state index in [1.54, 1.807) is 12.4 Å². The molecule has 0 radical (unpaired) electrons. The van der Waals surface area contributed by atoms with Crippen molar-refractivity contribution in [2.24, 2.45) is 0 Å². The van der Waals surface area contributed by atoms with Crippen LogP contribution in [-0.4, -0.2) is 21.0 Å². The number of H-pyrrole nitrogens is 1. The normalized spacial score (nSPS) is 16.3. The lowest BCUT2D eigenvalue weighted by Gasteiger charge is -2.20. The number of rotatable bonds is 5. The summed E-state index contributed by atoms with van der Waals surface area (Å²) in [5.41, 5.74) is 2.92. The maximum atomic E-state index is 14.9. The smallest absolute Gasteiger partial charge is 0.154 e. The van der Waals surface area contributed by atoms with E-state index >= 15 is 0 Å². The Balaban J connectivity index is 1.46. The molecule has 1 aliphatic carbocycles. The Kier molecular flexibility index (Phi) is 5.78. The first-order chi connectivity index (χ1) is 13.3. The number of hydrogen-bond acceptors (Lipinski definition) is 3. The molecule has 4 rings (SSSR count). The molecule has 0 unspecified atom stereocenters. The Morgan fingerprint density at radius 1 is 1.00 bits per heavy atom. The predicted octanol–water partition coefficient (Wildman–Crippen LogP) is 4.89. The van der Waals surface area contributed by atoms with E-state index in [-0.39, 0.29) is 5.82 Å². The van der Waals surface area contributed by atoms with E-state index in [1.165, 1.54) is 44.9 Å². The molecule has 1 saturated carbocycles. The number of benzene rings is 1. The van der Waals surface area contributed by atoms with Gasteiger partial charge < -0.3 is 10.3 Å². The summed E-state index contributed by atoms with van der Waals surface area (Å²) in [5.74, 6) is 0.588. The first kappa shape index (κ1) is 18.1. The zero-order chi connectivity index (χ0) is 18.5. The van der Waals surface area contributed by atoms with Crippen LogP contribution in [0.1, 0.15) is 61.9 Å². The highest BCUT2D eigenvalue weighted by molar-refractivity contribution is 5.76. The first-order valence-electron chi connectivity index (χ1n) is 10.1. The summed E-state index contributed by atoms with van der Waals surface area (Å²) in [5, 5.41) is 3.62. The molecule has 2 heterocycles. The second kappa shape index (κ2) is 8.61. The van der Waals surface area contributed by atoms with Gasteiger partial charge in [0.05, 0.1) is 12.1 Å². The Labute approximate surface area is 159 Å². The first-order valence-corrected chi connectivity index (χ1v) is 10.1. The van der Waals surface area contributed by atoms with Gasteiger partial charge >= 0.3 is 0 Å². The van der Waals surface area contributed by atoms with Gasteiger partial charge in [-0.25, -0.2) is 9.37 Å². The number of hydrogen-bond donors (Lipinski definition) is 2. The van der Waals surface area contributed by atoms with E-state index in [9.17, 15) is 4.39 Å². The summed E-state index contributed by atoms with van der Waals surface area (Å²) in [7, 11) is 0. The van der Waals surface area contributed by atoms with E-state index in [1.807, 2.05) is 24.3 Å². The van der Waals surface area contributed by atoms with Crippen LogP contribution < -0.4 is 5.32 Å². The Hall–Kier alpha value is -2.27. The van der Waals surface area contributed by atoms with Crippen LogP contribution in [0.5, 0.6) is 0 Å². The number of nitrogens with one attached hydrogen (secondary N) is 2. The molecule has 27 heavy (non-hydrogen) atoms. The number of fused-ring (bicyclic) bond motifs is 1. The summed E-state index contributed by atoms with van der Waals surface area (Å²) in [4.78, 5) is 11.8. The summed E-state index contributed by atoms with van der Waals surface area (Å²) in [6.07, 6.45) is 13.1. The van der Waals surface area contributed by atoms with Crippen molar-refractivity contribution in [1.82, 2.24) is 20.3 Å². The lowest BCUT2D eigenvalue weighted by atomic mass is 9.97. The molecule has 1 aromatic carbocycles. The zero-order valence-corrected chi connectivity index (χ0v) is 15.7. The minimum atomic E-state index is -0.224. The lowest BCUT2D eigenvalue weighted by molar-refractivity contribution is 0.386. The number of imidazole rings is 1. The van der Waals surface area contributed by atoms with Crippen molar-refractivity contribution in [3.8, 4) is 0 Å². The van der Waals surface area contributed by atoms with Crippen LogP contribution >= 0.6 is 0 Å². The van der Waals surface area contributed by atoms with Crippen LogP contribution in [0.2, 0.25) is 0 Å². The molecule has 0 spiro atoms. The van der Waals surface area contributed by atoms with Gasteiger partial charge in [-0.05, 0) is 42.2 Å². The number of pyridine rings is 1. The van der Waals surface area contributed by atoms with Gasteiger partial charge in [0.25, 0.3) is 0 Å². The summed E-state index contributed by atoms with van der Waals surface area (Å²) in [6.45, 7) is 0.665. The van der Waals surface area contributed by atoms with Crippen molar-refractivity contribution < 1.29 is 4.39 Å². The highest BCUT2D eigenvalue weighted by Gasteiger charge is 2.15.